The summed E-state index contributed by atoms with van der Waals surface area (Å²) in [5.41, 5.74) is 2.53. The van der Waals surface area contributed by atoms with Gasteiger partial charge in [0.15, 0.2) is 0 Å². The summed E-state index contributed by atoms with van der Waals surface area (Å²) in [5.74, 6) is 0. The Balaban J connectivity index is 2.37. The second kappa shape index (κ2) is 4.60. The molecule has 7 nitrogen and oxygen atoms in total. The molecular weight excluding hydrogens is 222 g/mol. The molecule has 87 valence electrons. The van der Waals surface area contributed by atoms with E-state index in [1.54, 1.807) is 6.08 Å². The lowest BCUT2D eigenvalue weighted by Crippen LogP contribution is -2.50. The third-order valence-corrected chi connectivity index (χ3v) is 2.18. The van der Waals surface area contributed by atoms with Crippen molar-refractivity contribution in [3.8, 4) is 0 Å². The Labute approximate surface area is 96.7 Å². The van der Waals surface area contributed by atoms with Crippen molar-refractivity contribution < 1.29 is 4.79 Å². The summed E-state index contributed by atoms with van der Waals surface area (Å²) < 4.78 is 0. The van der Waals surface area contributed by atoms with Crippen molar-refractivity contribution in [3.05, 3.63) is 41.1 Å². The minimum absolute atomic E-state index is 0.299. The predicted octanol–water partition coefficient (Wildman–Crippen LogP) is -0.468. The van der Waals surface area contributed by atoms with Crippen LogP contribution in [0.3, 0.4) is 0 Å². The molecule has 0 aliphatic carbocycles. The topological polar surface area (TPSA) is 99.2 Å². The van der Waals surface area contributed by atoms with E-state index in [9.17, 15) is 9.59 Å². The highest BCUT2D eigenvalue weighted by Gasteiger charge is 2.24. The van der Waals surface area contributed by atoms with Gasteiger partial charge in [-0.25, -0.2) is 15.0 Å². The summed E-state index contributed by atoms with van der Waals surface area (Å²) >= 11 is 0. The van der Waals surface area contributed by atoms with Crippen molar-refractivity contribution in [2.24, 2.45) is 5.10 Å². The van der Waals surface area contributed by atoms with Crippen LogP contribution in [-0.4, -0.2) is 27.8 Å². The van der Waals surface area contributed by atoms with Crippen LogP contribution >= 0.6 is 0 Å². The molecule has 2 amide bonds. The fourth-order valence-corrected chi connectivity index (χ4v) is 1.47. The number of H-pyrrole nitrogens is 1. The summed E-state index contributed by atoms with van der Waals surface area (Å²) in [4.78, 5) is 28.3. The summed E-state index contributed by atoms with van der Waals surface area (Å²) in [6.07, 6.45) is 3.50. The van der Waals surface area contributed by atoms with Gasteiger partial charge in [-0.05, 0) is 6.42 Å². The van der Waals surface area contributed by atoms with Crippen molar-refractivity contribution in [1.29, 1.82) is 0 Å². The first kappa shape index (κ1) is 11.1. The maximum Gasteiger partial charge on any atom is 0.345 e. The van der Waals surface area contributed by atoms with Gasteiger partial charge in [-0.3, -0.25) is 0 Å². The SMILES string of the molecule is C=CCC1NC(=O)NN=C1c1[c]c[nH]c(=O)n1. The van der Waals surface area contributed by atoms with Crippen molar-refractivity contribution in [2.75, 3.05) is 0 Å². The minimum atomic E-state index is -0.490. The second-order valence-corrected chi connectivity index (χ2v) is 3.36. The lowest BCUT2D eigenvalue weighted by Gasteiger charge is -2.22. The zero-order valence-electron chi connectivity index (χ0n) is 8.86. The zero-order valence-corrected chi connectivity index (χ0v) is 8.86. The molecule has 0 spiro atoms. The molecule has 1 atom stereocenters. The standard InChI is InChI=1S/C10H10N5O2/c1-2-3-6-8(14-15-10(17)13-6)7-4-5-11-9(16)12-7/h2,5-6H,1,3H2,(H,11,12,16)(H2,13,15,17). The average molecular weight is 232 g/mol. The first-order chi connectivity index (χ1) is 8.20. The summed E-state index contributed by atoms with van der Waals surface area (Å²) in [5, 5.41) is 6.54. The van der Waals surface area contributed by atoms with Gasteiger partial charge in [0, 0.05) is 12.3 Å². The second-order valence-electron chi connectivity index (χ2n) is 3.36. The summed E-state index contributed by atoms with van der Waals surface area (Å²) in [6, 6.07) is 2.01. The molecule has 1 aliphatic rings. The van der Waals surface area contributed by atoms with Crippen LogP contribution in [0.5, 0.6) is 0 Å². The Hall–Kier alpha value is -2.44. The number of hydrazone groups is 1. The van der Waals surface area contributed by atoms with Crippen LogP contribution in [0.2, 0.25) is 0 Å². The molecule has 0 fully saturated rings. The number of hydrogen-bond donors (Lipinski definition) is 3. The number of nitrogens with one attached hydrogen (secondary N) is 3. The van der Waals surface area contributed by atoms with Crippen molar-refractivity contribution in [2.45, 2.75) is 12.5 Å². The number of amides is 2. The summed E-state index contributed by atoms with van der Waals surface area (Å²) in [6.45, 7) is 3.60. The first-order valence-electron chi connectivity index (χ1n) is 4.93. The lowest BCUT2D eigenvalue weighted by atomic mass is 10.0. The number of hydrogen-bond acceptors (Lipinski definition) is 4. The molecular formula is C10H10N5O2. The molecule has 0 aromatic carbocycles. The van der Waals surface area contributed by atoms with E-state index in [2.05, 4.69) is 38.5 Å². The number of rotatable bonds is 3. The maximum absolute atomic E-state index is 11.1. The predicted molar refractivity (Wildman–Crippen MR) is 60.5 cm³/mol. The third kappa shape index (κ3) is 2.39. The minimum Gasteiger partial charge on any atom is -0.328 e. The van der Waals surface area contributed by atoms with Gasteiger partial charge in [0.25, 0.3) is 0 Å². The zero-order chi connectivity index (χ0) is 12.3. The normalized spacial score (nSPS) is 18.9. The maximum atomic E-state index is 11.1. The van der Waals surface area contributed by atoms with E-state index in [-0.39, 0.29) is 6.04 Å². The van der Waals surface area contributed by atoms with Crippen molar-refractivity contribution in [3.63, 3.8) is 0 Å². The van der Waals surface area contributed by atoms with Crippen LogP contribution in [0.1, 0.15) is 12.1 Å². The fourth-order valence-electron chi connectivity index (χ4n) is 1.47. The van der Waals surface area contributed by atoms with Gasteiger partial charge in [0.1, 0.15) is 11.4 Å². The van der Waals surface area contributed by atoms with Gasteiger partial charge in [0.2, 0.25) is 0 Å². The average Bonchev–Trinajstić information content (AvgIpc) is 2.29. The van der Waals surface area contributed by atoms with Crippen LogP contribution in [0.4, 0.5) is 4.79 Å². The molecule has 2 rings (SSSR count). The Morgan fingerprint density at radius 3 is 3.06 bits per heavy atom. The van der Waals surface area contributed by atoms with E-state index in [0.29, 0.717) is 17.8 Å². The van der Waals surface area contributed by atoms with E-state index in [1.165, 1.54) is 6.20 Å². The van der Waals surface area contributed by atoms with Gasteiger partial charge in [0.05, 0.1) is 6.04 Å². The largest absolute Gasteiger partial charge is 0.345 e. The highest BCUT2D eigenvalue weighted by Crippen LogP contribution is 2.06. The number of nitrogens with zero attached hydrogens (tertiary/aromatic N) is 2. The quantitative estimate of drug-likeness (QED) is 0.614. The number of carbonyl (C=O) groups is 1. The molecule has 0 saturated carbocycles. The van der Waals surface area contributed by atoms with E-state index in [4.69, 9.17) is 0 Å². The molecule has 1 aromatic rings. The van der Waals surface area contributed by atoms with Crippen LogP contribution in [0, 0.1) is 6.07 Å². The van der Waals surface area contributed by atoms with E-state index in [0.717, 1.165) is 0 Å². The van der Waals surface area contributed by atoms with Crippen LogP contribution in [-0.2, 0) is 0 Å². The Bertz CT molecular complexity index is 533. The highest BCUT2D eigenvalue weighted by molar-refractivity contribution is 6.06. The highest BCUT2D eigenvalue weighted by atomic mass is 16.2. The molecule has 1 radical (unpaired) electrons. The Kier molecular flexibility index (Phi) is 2.99. The molecule has 1 aromatic heterocycles. The van der Waals surface area contributed by atoms with E-state index >= 15 is 0 Å². The number of carbonyl (C=O) groups excluding carboxylic acids is 1. The lowest BCUT2D eigenvalue weighted by molar-refractivity contribution is 0.238. The number of aromatic nitrogens is 2. The van der Waals surface area contributed by atoms with Crippen molar-refractivity contribution in [1.82, 2.24) is 20.7 Å². The van der Waals surface area contributed by atoms with Gasteiger partial charge in [-0.15, -0.1) is 6.58 Å². The van der Waals surface area contributed by atoms with Crippen LogP contribution in [0.25, 0.3) is 0 Å². The Morgan fingerprint density at radius 2 is 2.35 bits per heavy atom. The molecule has 17 heavy (non-hydrogen) atoms. The number of aromatic amines is 1. The molecule has 0 bridgehead atoms. The van der Waals surface area contributed by atoms with Gasteiger partial charge < -0.3 is 10.3 Å². The smallest absolute Gasteiger partial charge is 0.328 e. The van der Waals surface area contributed by atoms with Gasteiger partial charge in [-0.1, -0.05) is 6.08 Å². The molecule has 2 heterocycles. The molecule has 1 unspecified atom stereocenters. The monoisotopic (exact) mass is 232 g/mol. The van der Waals surface area contributed by atoms with Gasteiger partial charge in [-0.2, -0.15) is 10.1 Å². The molecule has 3 N–H and O–H groups in total. The van der Waals surface area contributed by atoms with Gasteiger partial charge >= 0.3 is 11.7 Å². The van der Waals surface area contributed by atoms with E-state index < -0.39 is 11.7 Å². The molecule has 7 heteroatoms. The van der Waals surface area contributed by atoms with E-state index in [1.807, 2.05) is 0 Å². The number of urea groups is 1. The molecule has 0 saturated heterocycles. The fraction of sp³-hybridized carbons (Fsp3) is 0.200. The van der Waals surface area contributed by atoms with Crippen molar-refractivity contribution >= 4 is 11.7 Å². The molecule has 1 aliphatic heterocycles. The summed E-state index contributed by atoms with van der Waals surface area (Å²) in [7, 11) is 0. The Morgan fingerprint density at radius 1 is 1.53 bits per heavy atom. The third-order valence-electron chi connectivity index (χ3n) is 2.18. The first-order valence-corrected chi connectivity index (χ1v) is 4.93. The van der Waals surface area contributed by atoms with Crippen LogP contribution in [0.15, 0.2) is 28.7 Å². The van der Waals surface area contributed by atoms with Crippen LogP contribution < -0.4 is 16.4 Å².